The molecule has 4 rings (SSSR count). The fourth-order valence-electron chi connectivity index (χ4n) is 4.81. The van der Waals surface area contributed by atoms with Crippen LogP contribution < -0.4 is 20.9 Å². The summed E-state index contributed by atoms with van der Waals surface area (Å²) in [6, 6.07) is 6.11. The number of hydrogen-bond acceptors (Lipinski definition) is 6. The van der Waals surface area contributed by atoms with Gasteiger partial charge >= 0.3 is 5.69 Å². The molecule has 35 heavy (non-hydrogen) atoms. The van der Waals surface area contributed by atoms with Crippen molar-refractivity contribution in [3.63, 3.8) is 0 Å². The minimum atomic E-state index is -0.874. The zero-order valence-corrected chi connectivity index (χ0v) is 21.5. The van der Waals surface area contributed by atoms with Gasteiger partial charge in [-0.3, -0.25) is 13.9 Å². The van der Waals surface area contributed by atoms with Crippen LogP contribution in [0.3, 0.4) is 0 Å². The number of aliphatic hydroxyl groups is 1. The van der Waals surface area contributed by atoms with Gasteiger partial charge in [0, 0.05) is 27.2 Å². The molecule has 3 aromatic rings. The van der Waals surface area contributed by atoms with E-state index in [4.69, 9.17) is 9.72 Å². The maximum absolute atomic E-state index is 13.2. The van der Waals surface area contributed by atoms with Gasteiger partial charge < -0.3 is 19.3 Å². The lowest BCUT2D eigenvalue weighted by Crippen LogP contribution is -2.38. The molecule has 1 aliphatic heterocycles. The zero-order valence-electron chi connectivity index (χ0n) is 21.5. The van der Waals surface area contributed by atoms with Crippen molar-refractivity contribution < 1.29 is 9.84 Å². The van der Waals surface area contributed by atoms with Crippen LogP contribution in [-0.4, -0.2) is 49.6 Å². The molecule has 0 aliphatic carbocycles. The van der Waals surface area contributed by atoms with Gasteiger partial charge in [-0.05, 0) is 42.9 Å². The van der Waals surface area contributed by atoms with E-state index in [1.54, 1.807) is 11.6 Å². The SMILES string of the molecule is Cc1ccc(C(C)C)c(OCC(O)Cn2c(N3CCCCCC3)nc3c2c(=O)n(C)c(=O)n3C)c1. The van der Waals surface area contributed by atoms with E-state index in [1.165, 1.54) is 11.6 Å². The van der Waals surface area contributed by atoms with Crippen LogP contribution in [0.15, 0.2) is 27.8 Å². The van der Waals surface area contributed by atoms with E-state index in [2.05, 4.69) is 30.9 Å². The van der Waals surface area contributed by atoms with E-state index in [9.17, 15) is 14.7 Å². The van der Waals surface area contributed by atoms with E-state index < -0.39 is 17.4 Å². The third kappa shape index (κ3) is 5.00. The fourth-order valence-corrected chi connectivity index (χ4v) is 4.81. The molecule has 1 saturated heterocycles. The van der Waals surface area contributed by atoms with E-state index in [-0.39, 0.29) is 13.2 Å². The first-order valence-electron chi connectivity index (χ1n) is 12.5. The Hall–Kier alpha value is -3.07. The second-order valence-corrected chi connectivity index (χ2v) is 9.96. The molecule has 1 aromatic carbocycles. The van der Waals surface area contributed by atoms with E-state index in [0.717, 1.165) is 60.2 Å². The highest BCUT2D eigenvalue weighted by atomic mass is 16.5. The number of ether oxygens (including phenoxy) is 1. The van der Waals surface area contributed by atoms with Crippen LogP contribution >= 0.6 is 0 Å². The summed E-state index contributed by atoms with van der Waals surface area (Å²) >= 11 is 0. The first-order valence-corrected chi connectivity index (χ1v) is 12.5. The normalized spacial score (nSPS) is 15.6. The Kier molecular flexibility index (Phi) is 7.35. The van der Waals surface area contributed by atoms with Crippen molar-refractivity contribution >= 4 is 17.1 Å². The predicted molar refractivity (Wildman–Crippen MR) is 138 cm³/mol. The van der Waals surface area contributed by atoms with Crippen LogP contribution in [0, 0.1) is 6.92 Å². The number of imidazole rings is 1. The van der Waals surface area contributed by atoms with Crippen LogP contribution in [-0.2, 0) is 20.6 Å². The second-order valence-electron chi connectivity index (χ2n) is 9.96. The quantitative estimate of drug-likeness (QED) is 0.555. The first kappa shape index (κ1) is 25.0. The summed E-state index contributed by atoms with van der Waals surface area (Å²) in [6.45, 7) is 8.10. The van der Waals surface area contributed by atoms with Gasteiger partial charge in [-0.25, -0.2) is 4.79 Å². The predicted octanol–water partition coefficient (Wildman–Crippen LogP) is 2.69. The number of aromatic nitrogens is 4. The largest absolute Gasteiger partial charge is 0.491 e. The molecule has 0 spiro atoms. The second kappa shape index (κ2) is 10.3. The van der Waals surface area contributed by atoms with Crippen molar-refractivity contribution in [1.82, 2.24) is 18.7 Å². The molecule has 9 heteroatoms. The summed E-state index contributed by atoms with van der Waals surface area (Å²) in [4.78, 5) is 32.6. The summed E-state index contributed by atoms with van der Waals surface area (Å²) in [6.07, 6.45) is 3.51. The van der Waals surface area contributed by atoms with Crippen LogP contribution in [0.5, 0.6) is 5.75 Å². The Morgan fingerprint density at radius 2 is 1.74 bits per heavy atom. The summed E-state index contributed by atoms with van der Waals surface area (Å²) in [7, 11) is 3.09. The number of aliphatic hydroxyl groups excluding tert-OH is 1. The molecule has 9 nitrogen and oxygen atoms in total. The molecule has 1 fully saturated rings. The molecule has 2 aromatic heterocycles. The average Bonchev–Trinajstić information content (AvgIpc) is 2.99. The Morgan fingerprint density at radius 3 is 2.40 bits per heavy atom. The number of anilines is 1. The van der Waals surface area contributed by atoms with Crippen molar-refractivity contribution in [1.29, 1.82) is 0 Å². The minimum absolute atomic E-state index is 0.0777. The number of nitrogens with zero attached hydrogens (tertiary/aromatic N) is 5. The van der Waals surface area contributed by atoms with Gasteiger partial charge in [0.2, 0.25) is 5.95 Å². The van der Waals surface area contributed by atoms with Gasteiger partial charge in [0.05, 0.1) is 6.54 Å². The smallest absolute Gasteiger partial charge is 0.332 e. The van der Waals surface area contributed by atoms with Gasteiger partial charge in [0.25, 0.3) is 5.56 Å². The standard InChI is InChI=1S/C26H37N5O4/c1-17(2)20-11-10-18(3)14-21(20)35-16-19(32)15-31-22-23(28(4)26(34)29(5)24(22)33)27-25(31)30-12-8-6-7-9-13-30/h10-11,14,17,19,32H,6-9,12-13,15-16H2,1-5H3. The van der Waals surface area contributed by atoms with E-state index in [1.807, 2.05) is 13.0 Å². The number of rotatable bonds is 7. The van der Waals surface area contributed by atoms with Crippen LogP contribution in [0.4, 0.5) is 5.95 Å². The van der Waals surface area contributed by atoms with Gasteiger partial charge in [-0.2, -0.15) is 4.98 Å². The van der Waals surface area contributed by atoms with Crippen molar-refractivity contribution in [2.24, 2.45) is 14.1 Å². The van der Waals surface area contributed by atoms with Crippen LogP contribution in [0.2, 0.25) is 0 Å². The highest BCUT2D eigenvalue weighted by molar-refractivity contribution is 5.74. The van der Waals surface area contributed by atoms with E-state index >= 15 is 0 Å². The molecular weight excluding hydrogens is 446 g/mol. The lowest BCUT2D eigenvalue weighted by atomic mass is 10.0. The fraction of sp³-hybridized carbons (Fsp3) is 0.577. The third-order valence-corrected chi connectivity index (χ3v) is 6.83. The molecule has 190 valence electrons. The molecular formula is C26H37N5O4. The zero-order chi connectivity index (χ0) is 25.3. The number of benzene rings is 1. The highest BCUT2D eigenvalue weighted by Crippen LogP contribution is 2.28. The molecule has 3 heterocycles. The van der Waals surface area contributed by atoms with Crippen molar-refractivity contribution in [3.05, 3.63) is 50.2 Å². The van der Waals surface area contributed by atoms with Crippen LogP contribution in [0.1, 0.15) is 56.6 Å². The molecule has 0 saturated carbocycles. The summed E-state index contributed by atoms with van der Waals surface area (Å²) in [5.74, 6) is 1.68. The summed E-state index contributed by atoms with van der Waals surface area (Å²) < 4.78 is 10.3. The highest BCUT2D eigenvalue weighted by Gasteiger charge is 2.25. The summed E-state index contributed by atoms with van der Waals surface area (Å²) in [5, 5.41) is 11.0. The molecule has 0 amide bonds. The third-order valence-electron chi connectivity index (χ3n) is 6.83. The van der Waals surface area contributed by atoms with Crippen molar-refractivity contribution in [2.75, 3.05) is 24.6 Å². The van der Waals surface area contributed by atoms with Gasteiger partial charge in [-0.15, -0.1) is 0 Å². The number of hydrogen-bond donors (Lipinski definition) is 1. The molecule has 1 unspecified atom stereocenters. The molecule has 0 bridgehead atoms. The van der Waals surface area contributed by atoms with Gasteiger partial charge in [0.15, 0.2) is 11.2 Å². The Morgan fingerprint density at radius 1 is 1.06 bits per heavy atom. The van der Waals surface area contributed by atoms with Crippen molar-refractivity contribution in [2.45, 2.75) is 65.0 Å². The van der Waals surface area contributed by atoms with Gasteiger partial charge in [0.1, 0.15) is 18.5 Å². The average molecular weight is 484 g/mol. The van der Waals surface area contributed by atoms with Gasteiger partial charge in [-0.1, -0.05) is 38.8 Å². The van der Waals surface area contributed by atoms with Crippen molar-refractivity contribution in [3.8, 4) is 5.75 Å². The number of fused-ring (bicyclic) bond motifs is 1. The number of aryl methyl sites for hydroxylation is 2. The molecule has 1 aliphatic rings. The Bertz CT molecular complexity index is 1310. The lowest BCUT2D eigenvalue weighted by Gasteiger charge is -2.24. The lowest BCUT2D eigenvalue weighted by molar-refractivity contribution is 0.0930. The Labute approximate surface area is 205 Å². The minimum Gasteiger partial charge on any atom is -0.491 e. The topological polar surface area (TPSA) is 94.5 Å². The first-order chi connectivity index (χ1) is 16.7. The molecule has 0 radical (unpaired) electrons. The maximum Gasteiger partial charge on any atom is 0.332 e. The summed E-state index contributed by atoms with van der Waals surface area (Å²) in [5.41, 5.74) is 2.01. The molecule has 1 N–H and O–H groups in total. The Balaban J connectivity index is 1.69. The monoisotopic (exact) mass is 483 g/mol. The van der Waals surface area contributed by atoms with Crippen LogP contribution in [0.25, 0.3) is 11.2 Å². The van der Waals surface area contributed by atoms with E-state index in [0.29, 0.717) is 23.0 Å². The molecule has 1 atom stereocenters. The maximum atomic E-state index is 13.2.